The molecular weight excluding hydrogens is 221 g/mol. The van der Waals surface area contributed by atoms with E-state index in [0.29, 0.717) is 18.5 Å². The zero-order valence-corrected chi connectivity index (χ0v) is 9.14. The van der Waals surface area contributed by atoms with E-state index in [1.54, 1.807) is 6.20 Å². The van der Waals surface area contributed by atoms with Crippen LogP contribution < -0.4 is 5.73 Å². The van der Waals surface area contributed by atoms with Crippen molar-refractivity contribution in [1.82, 2.24) is 9.55 Å². The van der Waals surface area contributed by atoms with Crippen LogP contribution in [-0.2, 0) is 6.42 Å². The van der Waals surface area contributed by atoms with Crippen molar-refractivity contribution >= 4 is 5.91 Å². The zero-order chi connectivity index (χ0) is 12.3. The predicted octanol–water partition coefficient (Wildman–Crippen LogP) is 1.21. The SMILES string of the molecule is NCCc1cncn1C(=O)c1ccc(F)cc1. The molecule has 2 N–H and O–H groups in total. The van der Waals surface area contributed by atoms with Crippen LogP contribution in [0.1, 0.15) is 16.1 Å². The van der Waals surface area contributed by atoms with Crippen LogP contribution >= 0.6 is 0 Å². The Morgan fingerprint density at radius 1 is 1.35 bits per heavy atom. The molecule has 2 rings (SSSR count). The summed E-state index contributed by atoms with van der Waals surface area (Å²) < 4.78 is 14.2. The lowest BCUT2D eigenvalue weighted by molar-refractivity contribution is 0.0957. The minimum Gasteiger partial charge on any atom is -0.330 e. The summed E-state index contributed by atoms with van der Waals surface area (Å²) in [6, 6.07) is 5.41. The summed E-state index contributed by atoms with van der Waals surface area (Å²) in [5, 5.41) is 0. The first kappa shape index (κ1) is 11.5. The van der Waals surface area contributed by atoms with Crippen molar-refractivity contribution in [2.24, 2.45) is 5.73 Å². The maximum atomic E-state index is 12.7. The molecule has 0 atom stereocenters. The van der Waals surface area contributed by atoms with E-state index in [9.17, 15) is 9.18 Å². The molecule has 0 spiro atoms. The molecule has 1 aromatic carbocycles. The number of hydrogen-bond acceptors (Lipinski definition) is 3. The summed E-state index contributed by atoms with van der Waals surface area (Å²) in [5.41, 5.74) is 6.62. The van der Waals surface area contributed by atoms with E-state index in [1.807, 2.05) is 0 Å². The van der Waals surface area contributed by atoms with Gasteiger partial charge in [-0.15, -0.1) is 0 Å². The normalized spacial score (nSPS) is 10.5. The number of rotatable bonds is 3. The highest BCUT2D eigenvalue weighted by atomic mass is 19.1. The Kier molecular flexibility index (Phi) is 3.30. The molecule has 0 fully saturated rings. The van der Waals surface area contributed by atoms with Crippen molar-refractivity contribution in [3.63, 3.8) is 0 Å². The van der Waals surface area contributed by atoms with E-state index >= 15 is 0 Å². The van der Waals surface area contributed by atoms with Gasteiger partial charge in [0.05, 0.1) is 0 Å². The standard InChI is InChI=1S/C12H12FN3O/c13-10-3-1-9(2-4-10)12(17)16-8-15-7-11(16)5-6-14/h1-4,7-8H,5-6,14H2. The highest BCUT2D eigenvalue weighted by Gasteiger charge is 2.11. The van der Waals surface area contributed by atoms with Crippen LogP contribution in [0.2, 0.25) is 0 Å². The van der Waals surface area contributed by atoms with Crippen LogP contribution in [0, 0.1) is 5.82 Å². The van der Waals surface area contributed by atoms with Gasteiger partial charge in [-0.05, 0) is 30.8 Å². The highest BCUT2D eigenvalue weighted by Crippen LogP contribution is 2.08. The maximum absolute atomic E-state index is 12.7. The molecule has 0 bridgehead atoms. The van der Waals surface area contributed by atoms with Crippen molar-refractivity contribution in [1.29, 1.82) is 0 Å². The van der Waals surface area contributed by atoms with Crippen molar-refractivity contribution in [3.05, 3.63) is 53.9 Å². The molecule has 4 nitrogen and oxygen atoms in total. The molecule has 0 saturated carbocycles. The van der Waals surface area contributed by atoms with Gasteiger partial charge < -0.3 is 5.73 Å². The molecule has 0 aliphatic heterocycles. The van der Waals surface area contributed by atoms with Gasteiger partial charge in [0.25, 0.3) is 5.91 Å². The quantitative estimate of drug-likeness (QED) is 0.866. The third-order valence-corrected chi connectivity index (χ3v) is 2.43. The summed E-state index contributed by atoms with van der Waals surface area (Å²) in [5.74, 6) is -0.597. The van der Waals surface area contributed by atoms with Crippen molar-refractivity contribution < 1.29 is 9.18 Å². The molecule has 0 radical (unpaired) electrons. The minimum atomic E-state index is -0.366. The Labute approximate surface area is 97.9 Å². The van der Waals surface area contributed by atoms with E-state index in [-0.39, 0.29) is 11.7 Å². The van der Waals surface area contributed by atoms with Gasteiger partial charge in [-0.3, -0.25) is 9.36 Å². The predicted molar refractivity (Wildman–Crippen MR) is 61.1 cm³/mol. The van der Waals surface area contributed by atoms with Gasteiger partial charge in [0, 0.05) is 23.9 Å². The summed E-state index contributed by atoms with van der Waals surface area (Å²) in [6.45, 7) is 0.447. The Morgan fingerprint density at radius 2 is 2.06 bits per heavy atom. The summed E-state index contributed by atoms with van der Waals surface area (Å²) in [7, 11) is 0. The van der Waals surface area contributed by atoms with Gasteiger partial charge in [-0.2, -0.15) is 0 Å². The van der Waals surface area contributed by atoms with Gasteiger partial charge in [-0.25, -0.2) is 9.37 Å². The second-order valence-corrected chi connectivity index (χ2v) is 3.61. The molecule has 0 amide bonds. The third-order valence-electron chi connectivity index (χ3n) is 2.43. The molecule has 88 valence electrons. The van der Waals surface area contributed by atoms with Crippen molar-refractivity contribution in [3.8, 4) is 0 Å². The fraction of sp³-hybridized carbons (Fsp3) is 0.167. The molecule has 2 aromatic rings. The fourth-order valence-electron chi connectivity index (χ4n) is 1.57. The minimum absolute atomic E-state index is 0.231. The molecular formula is C12H12FN3O. The Morgan fingerprint density at radius 3 is 2.71 bits per heavy atom. The summed E-state index contributed by atoms with van der Waals surface area (Å²) in [4.78, 5) is 16.0. The highest BCUT2D eigenvalue weighted by molar-refractivity contribution is 5.96. The zero-order valence-electron chi connectivity index (χ0n) is 9.14. The van der Waals surface area contributed by atoms with Gasteiger partial charge in [0.1, 0.15) is 12.1 Å². The number of carbonyl (C=O) groups excluding carboxylic acids is 1. The number of carbonyl (C=O) groups is 1. The van der Waals surface area contributed by atoms with Crippen molar-refractivity contribution in [2.75, 3.05) is 6.54 Å². The first-order valence-electron chi connectivity index (χ1n) is 5.24. The van der Waals surface area contributed by atoms with Crippen molar-refractivity contribution in [2.45, 2.75) is 6.42 Å². The molecule has 0 aliphatic rings. The van der Waals surface area contributed by atoms with Gasteiger partial charge in [0.2, 0.25) is 0 Å². The maximum Gasteiger partial charge on any atom is 0.263 e. The van der Waals surface area contributed by atoms with Gasteiger partial charge >= 0.3 is 0 Å². The van der Waals surface area contributed by atoms with E-state index in [2.05, 4.69) is 4.98 Å². The first-order valence-corrected chi connectivity index (χ1v) is 5.24. The second kappa shape index (κ2) is 4.88. The second-order valence-electron chi connectivity index (χ2n) is 3.61. The Hall–Kier alpha value is -2.01. The molecule has 1 heterocycles. The lowest BCUT2D eigenvalue weighted by Gasteiger charge is -2.05. The molecule has 1 aromatic heterocycles. The third kappa shape index (κ3) is 2.39. The Bertz CT molecular complexity index is 519. The number of benzene rings is 1. The van der Waals surface area contributed by atoms with Crippen LogP contribution in [-0.4, -0.2) is 22.0 Å². The average Bonchev–Trinajstić information content (AvgIpc) is 2.78. The lowest BCUT2D eigenvalue weighted by Crippen LogP contribution is -2.16. The van der Waals surface area contributed by atoms with E-state index in [4.69, 9.17) is 5.73 Å². The van der Waals surface area contributed by atoms with E-state index in [0.717, 1.165) is 5.69 Å². The van der Waals surface area contributed by atoms with Crippen LogP contribution in [0.5, 0.6) is 0 Å². The van der Waals surface area contributed by atoms with Gasteiger partial charge in [-0.1, -0.05) is 0 Å². The average molecular weight is 233 g/mol. The van der Waals surface area contributed by atoms with Gasteiger partial charge in [0.15, 0.2) is 0 Å². The smallest absolute Gasteiger partial charge is 0.263 e. The molecule has 0 saturated heterocycles. The number of aromatic nitrogens is 2. The number of nitrogens with zero attached hydrogens (tertiary/aromatic N) is 2. The first-order chi connectivity index (χ1) is 8.22. The monoisotopic (exact) mass is 233 g/mol. The number of imidazole rings is 1. The summed E-state index contributed by atoms with van der Waals surface area (Å²) in [6.07, 6.45) is 3.62. The van der Waals surface area contributed by atoms with E-state index < -0.39 is 0 Å². The van der Waals surface area contributed by atoms with Crippen LogP contribution in [0.25, 0.3) is 0 Å². The number of halogens is 1. The van der Waals surface area contributed by atoms with Crippen LogP contribution in [0.15, 0.2) is 36.8 Å². The summed E-state index contributed by atoms with van der Waals surface area (Å²) >= 11 is 0. The number of hydrogen-bond donors (Lipinski definition) is 1. The lowest BCUT2D eigenvalue weighted by atomic mass is 10.2. The van der Waals surface area contributed by atoms with E-state index in [1.165, 1.54) is 35.2 Å². The Balaban J connectivity index is 2.30. The fourth-order valence-corrected chi connectivity index (χ4v) is 1.57. The van der Waals surface area contributed by atoms with Crippen LogP contribution in [0.3, 0.4) is 0 Å². The molecule has 0 aliphatic carbocycles. The number of nitrogens with two attached hydrogens (primary N) is 1. The molecule has 0 unspecified atom stereocenters. The molecule has 5 heteroatoms. The van der Waals surface area contributed by atoms with Crippen LogP contribution in [0.4, 0.5) is 4.39 Å². The molecule has 17 heavy (non-hydrogen) atoms. The largest absolute Gasteiger partial charge is 0.330 e. The topological polar surface area (TPSA) is 60.9 Å².